The summed E-state index contributed by atoms with van der Waals surface area (Å²) in [6.07, 6.45) is 3.57. The Hall–Kier alpha value is -3.82. The zero-order valence-electron chi connectivity index (χ0n) is 22.5. The molecule has 0 bridgehead atoms. The molecule has 2 aromatic heterocycles. The number of thiophene rings is 1. The lowest BCUT2D eigenvalue weighted by atomic mass is 10.1. The fourth-order valence-electron chi connectivity index (χ4n) is 5.74. The molecule has 1 amide bonds. The highest BCUT2D eigenvalue weighted by atomic mass is 32.2. The third kappa shape index (κ3) is 4.97. The number of carbonyl (C=O) groups excluding carboxylic acids is 2. The van der Waals surface area contributed by atoms with Crippen molar-refractivity contribution in [2.75, 3.05) is 28.6 Å². The number of para-hydroxylation sites is 1. The fourth-order valence-corrected chi connectivity index (χ4v) is 8.44. The van der Waals surface area contributed by atoms with Crippen molar-refractivity contribution in [1.29, 1.82) is 0 Å². The Morgan fingerprint density at radius 2 is 1.73 bits per heavy atom. The highest BCUT2D eigenvalue weighted by molar-refractivity contribution is 7.91. The average molecular weight is 584 g/mol. The molecular formula is C32H29N3O4S2. The number of ketones is 1. The van der Waals surface area contributed by atoms with Gasteiger partial charge in [0.05, 0.1) is 21.2 Å². The predicted molar refractivity (Wildman–Crippen MR) is 161 cm³/mol. The summed E-state index contributed by atoms with van der Waals surface area (Å²) in [5, 5.41) is 0. The Labute approximate surface area is 243 Å². The summed E-state index contributed by atoms with van der Waals surface area (Å²) in [6.45, 7) is 1.15. The van der Waals surface area contributed by atoms with Gasteiger partial charge in [-0.3, -0.25) is 9.59 Å². The fraction of sp³-hybridized carbons (Fsp3) is 0.281. The number of fused-ring (bicyclic) bond motifs is 4. The first-order valence-corrected chi connectivity index (χ1v) is 16.4. The number of Topliss-reactive ketones (excluding diaryl/α,β-unsaturated/α-hetero) is 1. The summed E-state index contributed by atoms with van der Waals surface area (Å²) < 4.78 is 25.7. The van der Waals surface area contributed by atoms with Crippen LogP contribution in [0, 0.1) is 5.92 Å². The van der Waals surface area contributed by atoms with Gasteiger partial charge in [0.1, 0.15) is 11.5 Å². The highest BCUT2D eigenvalue weighted by Gasteiger charge is 2.31. The minimum Gasteiger partial charge on any atom is -0.351 e. The van der Waals surface area contributed by atoms with Gasteiger partial charge >= 0.3 is 0 Å². The SMILES string of the molecule is O=C(CC1CC1)c1cc2c(s1)-c1ccccc1N(C(=O)c1cccc(N3CCS(=O)(=O)c4ccccc4C3)n1)CC2. The lowest BCUT2D eigenvalue weighted by Gasteiger charge is -2.25. The van der Waals surface area contributed by atoms with Crippen molar-refractivity contribution in [3.05, 3.63) is 94.5 Å². The molecule has 1 aliphatic carbocycles. The van der Waals surface area contributed by atoms with Crippen LogP contribution in [0.3, 0.4) is 0 Å². The summed E-state index contributed by atoms with van der Waals surface area (Å²) in [5.74, 6) is 1.12. The van der Waals surface area contributed by atoms with E-state index in [1.165, 1.54) is 11.3 Å². The molecule has 7 rings (SSSR count). The first-order chi connectivity index (χ1) is 19.9. The van der Waals surface area contributed by atoms with E-state index in [0.29, 0.717) is 48.3 Å². The molecule has 0 radical (unpaired) electrons. The summed E-state index contributed by atoms with van der Waals surface area (Å²) in [6, 6.07) is 22.3. The molecule has 3 aliphatic rings. The Morgan fingerprint density at radius 3 is 2.59 bits per heavy atom. The molecular weight excluding hydrogens is 555 g/mol. The van der Waals surface area contributed by atoms with Crippen LogP contribution < -0.4 is 9.80 Å². The van der Waals surface area contributed by atoms with E-state index in [1.807, 2.05) is 53.4 Å². The van der Waals surface area contributed by atoms with E-state index in [-0.39, 0.29) is 24.0 Å². The molecule has 208 valence electrons. The van der Waals surface area contributed by atoms with Gasteiger partial charge in [0.2, 0.25) is 0 Å². The highest BCUT2D eigenvalue weighted by Crippen LogP contribution is 2.43. The number of benzene rings is 2. The monoisotopic (exact) mass is 583 g/mol. The number of nitrogens with zero attached hydrogens (tertiary/aromatic N) is 3. The minimum atomic E-state index is -3.40. The Bertz CT molecular complexity index is 1790. The van der Waals surface area contributed by atoms with Crippen LogP contribution in [-0.2, 0) is 22.8 Å². The van der Waals surface area contributed by atoms with Gasteiger partial charge in [-0.1, -0.05) is 42.5 Å². The molecule has 7 nitrogen and oxygen atoms in total. The Morgan fingerprint density at radius 1 is 0.927 bits per heavy atom. The van der Waals surface area contributed by atoms with E-state index >= 15 is 0 Å². The van der Waals surface area contributed by atoms with Crippen molar-refractivity contribution in [3.63, 3.8) is 0 Å². The molecule has 0 atom stereocenters. The number of amides is 1. The largest absolute Gasteiger partial charge is 0.351 e. The van der Waals surface area contributed by atoms with Crippen LogP contribution in [0.25, 0.3) is 10.4 Å². The summed E-state index contributed by atoms with van der Waals surface area (Å²) in [7, 11) is -3.40. The topological polar surface area (TPSA) is 87.7 Å². The van der Waals surface area contributed by atoms with E-state index in [2.05, 4.69) is 0 Å². The molecule has 2 aromatic carbocycles. The minimum absolute atomic E-state index is 0.0169. The van der Waals surface area contributed by atoms with Gasteiger partial charge in [0, 0.05) is 36.5 Å². The smallest absolute Gasteiger partial charge is 0.276 e. The maximum atomic E-state index is 14.0. The Balaban J connectivity index is 1.18. The second-order valence-corrected chi connectivity index (χ2v) is 14.1. The molecule has 1 saturated carbocycles. The van der Waals surface area contributed by atoms with Crippen LogP contribution in [0.15, 0.2) is 77.7 Å². The van der Waals surface area contributed by atoms with Crippen molar-refractivity contribution in [2.24, 2.45) is 5.92 Å². The zero-order chi connectivity index (χ0) is 28.1. The number of hydrogen-bond donors (Lipinski definition) is 0. The second-order valence-electron chi connectivity index (χ2n) is 11.0. The molecule has 4 aromatic rings. The molecule has 41 heavy (non-hydrogen) atoms. The normalized spacial score (nSPS) is 17.6. The third-order valence-corrected chi connectivity index (χ3v) is 11.2. The summed E-state index contributed by atoms with van der Waals surface area (Å²) in [4.78, 5) is 37.5. The summed E-state index contributed by atoms with van der Waals surface area (Å²) >= 11 is 1.54. The molecule has 9 heteroatoms. The summed E-state index contributed by atoms with van der Waals surface area (Å²) in [5.41, 5.74) is 3.90. The molecule has 0 N–H and O–H groups in total. The van der Waals surface area contributed by atoms with Crippen LogP contribution in [0.5, 0.6) is 0 Å². The van der Waals surface area contributed by atoms with Gasteiger partial charge in [0.25, 0.3) is 5.91 Å². The van der Waals surface area contributed by atoms with Crippen LogP contribution in [-0.4, -0.2) is 43.9 Å². The molecule has 4 heterocycles. The number of aromatic nitrogens is 1. The van der Waals surface area contributed by atoms with E-state index < -0.39 is 9.84 Å². The van der Waals surface area contributed by atoms with Crippen LogP contribution in [0.1, 0.15) is 50.5 Å². The maximum Gasteiger partial charge on any atom is 0.276 e. The Kier molecular flexibility index (Phi) is 6.51. The van der Waals surface area contributed by atoms with E-state index in [4.69, 9.17) is 4.98 Å². The zero-order valence-corrected chi connectivity index (χ0v) is 24.1. The number of carbonyl (C=O) groups is 2. The predicted octanol–water partition coefficient (Wildman–Crippen LogP) is 5.79. The second kappa shape index (κ2) is 10.2. The van der Waals surface area contributed by atoms with Gasteiger partial charge in [-0.15, -0.1) is 11.3 Å². The molecule has 0 saturated heterocycles. The van der Waals surface area contributed by atoms with Gasteiger partial charge in [-0.2, -0.15) is 0 Å². The lowest BCUT2D eigenvalue weighted by Crippen LogP contribution is -2.34. The number of sulfone groups is 1. The number of pyridine rings is 1. The van der Waals surface area contributed by atoms with Crippen molar-refractivity contribution < 1.29 is 18.0 Å². The number of rotatable bonds is 5. The first kappa shape index (κ1) is 26.1. The quantitative estimate of drug-likeness (QED) is 0.277. The average Bonchev–Trinajstić information content (AvgIpc) is 3.75. The van der Waals surface area contributed by atoms with Crippen LogP contribution in [0.2, 0.25) is 0 Å². The van der Waals surface area contributed by atoms with Gasteiger partial charge < -0.3 is 9.80 Å². The maximum absolute atomic E-state index is 14.0. The molecule has 0 unspecified atom stereocenters. The van der Waals surface area contributed by atoms with Crippen molar-refractivity contribution in [2.45, 2.75) is 37.1 Å². The number of hydrogen-bond acceptors (Lipinski definition) is 7. The molecule has 0 spiro atoms. The van der Waals surface area contributed by atoms with Crippen molar-refractivity contribution in [3.8, 4) is 10.4 Å². The third-order valence-electron chi connectivity index (χ3n) is 8.12. The number of anilines is 2. The standard InChI is InChI=1S/C32H29N3O4S2/c36-27(18-21-12-13-21)28-19-22-14-15-35(26-9-3-2-7-24(26)31(22)40-28)32(37)25-8-5-11-30(33-25)34-16-17-41(38,39)29-10-4-1-6-23(29)20-34/h1-11,19,21H,12-18,20H2. The van der Waals surface area contributed by atoms with Crippen molar-refractivity contribution >= 4 is 44.4 Å². The lowest BCUT2D eigenvalue weighted by molar-refractivity contribution is 0.0972. The first-order valence-electron chi connectivity index (χ1n) is 14.0. The molecule has 2 aliphatic heterocycles. The molecule has 1 fully saturated rings. The van der Waals surface area contributed by atoms with E-state index in [9.17, 15) is 18.0 Å². The van der Waals surface area contributed by atoms with Gasteiger partial charge in [0.15, 0.2) is 15.6 Å². The van der Waals surface area contributed by atoms with E-state index in [1.54, 1.807) is 29.2 Å². The van der Waals surface area contributed by atoms with Gasteiger partial charge in [-0.25, -0.2) is 13.4 Å². The van der Waals surface area contributed by atoms with E-state index in [0.717, 1.165) is 45.0 Å². The van der Waals surface area contributed by atoms with Gasteiger partial charge in [-0.05, 0) is 66.6 Å². The van der Waals surface area contributed by atoms with Crippen LogP contribution in [0.4, 0.5) is 11.5 Å². The van der Waals surface area contributed by atoms with Crippen LogP contribution >= 0.6 is 11.3 Å². The van der Waals surface area contributed by atoms with Crippen molar-refractivity contribution in [1.82, 2.24) is 4.98 Å².